The molecule has 0 radical (unpaired) electrons. The van der Waals surface area contributed by atoms with E-state index in [0.29, 0.717) is 5.75 Å². The predicted molar refractivity (Wildman–Crippen MR) is 81.6 cm³/mol. The Balaban J connectivity index is 2.00. The minimum Gasteiger partial charge on any atom is -0.434 e. The van der Waals surface area contributed by atoms with Crippen LogP contribution in [0.5, 0.6) is 11.6 Å². The third kappa shape index (κ3) is 2.59. The largest absolute Gasteiger partial charge is 0.434 e. The van der Waals surface area contributed by atoms with Crippen molar-refractivity contribution in [3.8, 4) is 11.6 Å². The van der Waals surface area contributed by atoms with E-state index >= 15 is 0 Å². The Bertz CT molecular complexity index is 845. The summed E-state index contributed by atoms with van der Waals surface area (Å²) in [6, 6.07) is 11.4. The molecule has 3 rings (SSSR count). The van der Waals surface area contributed by atoms with Crippen molar-refractivity contribution in [1.82, 2.24) is 9.55 Å². The Morgan fingerprint density at radius 1 is 1.24 bits per heavy atom. The number of rotatable bonds is 3. The van der Waals surface area contributed by atoms with E-state index in [9.17, 15) is 10.1 Å². The van der Waals surface area contributed by atoms with E-state index in [4.69, 9.17) is 4.74 Å². The van der Waals surface area contributed by atoms with Gasteiger partial charge in [0.2, 0.25) is 6.33 Å². The maximum absolute atomic E-state index is 10.9. The number of nitro groups is 1. The number of imidazole rings is 1. The van der Waals surface area contributed by atoms with Crippen LogP contribution in [0.15, 0.2) is 47.2 Å². The molecule has 1 heterocycles. The average Bonchev–Trinajstić information content (AvgIpc) is 2.80. The number of benzene rings is 2. The summed E-state index contributed by atoms with van der Waals surface area (Å²) in [4.78, 5) is 14.1. The fourth-order valence-electron chi connectivity index (χ4n) is 2.02. The quantitative estimate of drug-likeness (QED) is 0.529. The zero-order valence-electron chi connectivity index (χ0n) is 11.0. The Morgan fingerprint density at radius 3 is 2.71 bits per heavy atom. The van der Waals surface area contributed by atoms with Gasteiger partial charge in [-0.05, 0) is 44.9 Å². The normalized spacial score (nSPS) is 10.8. The fraction of sp³-hybridized carbons (Fsp3) is 0.0714. The molecule has 0 aliphatic carbocycles. The smallest absolute Gasteiger partial charge is 0.427 e. The number of hydrogen-bond acceptors (Lipinski definition) is 4. The molecule has 0 saturated heterocycles. The van der Waals surface area contributed by atoms with E-state index in [-0.39, 0.29) is 11.7 Å². The van der Waals surface area contributed by atoms with Crippen LogP contribution in [-0.2, 0) is 7.05 Å². The van der Waals surface area contributed by atoms with Crippen molar-refractivity contribution in [2.24, 2.45) is 7.05 Å². The summed E-state index contributed by atoms with van der Waals surface area (Å²) in [6.45, 7) is 0. The lowest BCUT2D eigenvalue weighted by atomic mass is 10.1. The van der Waals surface area contributed by atoms with Crippen molar-refractivity contribution in [1.29, 1.82) is 0 Å². The molecule has 0 aliphatic rings. The van der Waals surface area contributed by atoms with Crippen LogP contribution in [0.4, 0.5) is 5.82 Å². The molecule has 6 nitrogen and oxygen atoms in total. The standard InChI is InChI=1S/C14H10BrN3O3/c1-17-8-16-13(18(19)20)14(17)21-12-5-3-9-6-11(15)4-2-10(9)7-12/h2-8H,1H3. The van der Waals surface area contributed by atoms with Gasteiger partial charge in [-0.15, -0.1) is 0 Å². The number of nitrogens with zero attached hydrogens (tertiary/aromatic N) is 3. The highest BCUT2D eigenvalue weighted by atomic mass is 79.9. The van der Waals surface area contributed by atoms with E-state index in [1.54, 1.807) is 13.1 Å². The van der Waals surface area contributed by atoms with E-state index in [1.165, 1.54) is 10.9 Å². The topological polar surface area (TPSA) is 70.2 Å². The fourth-order valence-corrected chi connectivity index (χ4v) is 2.40. The van der Waals surface area contributed by atoms with Gasteiger partial charge in [0, 0.05) is 11.5 Å². The highest BCUT2D eigenvalue weighted by Crippen LogP contribution is 2.31. The number of halogens is 1. The summed E-state index contributed by atoms with van der Waals surface area (Å²) in [5, 5.41) is 13.0. The summed E-state index contributed by atoms with van der Waals surface area (Å²) in [5.74, 6) is 0.335. The number of fused-ring (bicyclic) bond motifs is 1. The molecule has 0 unspecified atom stereocenters. The summed E-state index contributed by atoms with van der Waals surface area (Å²) in [6.07, 6.45) is 1.35. The molecule has 0 bridgehead atoms. The lowest BCUT2D eigenvalue weighted by Crippen LogP contribution is -1.96. The number of hydrogen-bond donors (Lipinski definition) is 0. The molecule has 21 heavy (non-hydrogen) atoms. The van der Waals surface area contributed by atoms with Gasteiger partial charge in [0.25, 0.3) is 0 Å². The first-order valence-corrected chi connectivity index (χ1v) is 6.87. The van der Waals surface area contributed by atoms with Crippen LogP contribution in [0.25, 0.3) is 10.8 Å². The summed E-state index contributed by atoms with van der Waals surface area (Å²) in [5.41, 5.74) is 0. The van der Waals surface area contributed by atoms with Gasteiger partial charge in [0.05, 0.1) is 0 Å². The molecular weight excluding hydrogens is 338 g/mol. The van der Waals surface area contributed by atoms with Crippen molar-refractivity contribution in [2.75, 3.05) is 0 Å². The van der Waals surface area contributed by atoms with Crippen LogP contribution < -0.4 is 4.74 Å². The molecular formula is C14H10BrN3O3. The Labute approximate surface area is 128 Å². The van der Waals surface area contributed by atoms with Gasteiger partial charge in [-0.25, -0.2) is 0 Å². The van der Waals surface area contributed by atoms with Gasteiger partial charge in [-0.1, -0.05) is 28.1 Å². The third-order valence-electron chi connectivity index (χ3n) is 3.03. The van der Waals surface area contributed by atoms with Crippen LogP contribution in [0.2, 0.25) is 0 Å². The lowest BCUT2D eigenvalue weighted by Gasteiger charge is -2.07. The SMILES string of the molecule is Cn1cnc([N+](=O)[O-])c1Oc1ccc2cc(Br)ccc2c1. The molecule has 106 valence electrons. The van der Waals surface area contributed by atoms with Crippen molar-refractivity contribution in [2.45, 2.75) is 0 Å². The van der Waals surface area contributed by atoms with Gasteiger partial charge in [-0.2, -0.15) is 0 Å². The molecule has 0 aliphatic heterocycles. The maximum Gasteiger partial charge on any atom is 0.427 e. The Morgan fingerprint density at radius 2 is 1.95 bits per heavy atom. The van der Waals surface area contributed by atoms with Crippen molar-refractivity contribution in [3.05, 3.63) is 57.3 Å². The first-order valence-electron chi connectivity index (χ1n) is 6.07. The van der Waals surface area contributed by atoms with Crippen LogP contribution >= 0.6 is 15.9 Å². The zero-order valence-corrected chi connectivity index (χ0v) is 12.6. The molecule has 7 heteroatoms. The zero-order chi connectivity index (χ0) is 15.0. The Hall–Kier alpha value is -2.41. The van der Waals surface area contributed by atoms with Crippen molar-refractivity contribution >= 4 is 32.5 Å². The lowest BCUT2D eigenvalue weighted by molar-refractivity contribution is -0.390. The van der Waals surface area contributed by atoms with Crippen molar-refractivity contribution < 1.29 is 9.66 Å². The molecule has 0 saturated carbocycles. The summed E-state index contributed by atoms with van der Waals surface area (Å²) in [7, 11) is 1.65. The summed E-state index contributed by atoms with van der Waals surface area (Å²) >= 11 is 3.42. The second-order valence-electron chi connectivity index (χ2n) is 4.50. The van der Waals surface area contributed by atoms with Gasteiger partial charge in [-0.3, -0.25) is 4.57 Å². The minimum absolute atomic E-state index is 0.108. The highest BCUT2D eigenvalue weighted by molar-refractivity contribution is 9.10. The maximum atomic E-state index is 10.9. The van der Waals surface area contributed by atoms with Gasteiger partial charge in [0.1, 0.15) is 5.75 Å². The van der Waals surface area contributed by atoms with Crippen LogP contribution in [0, 0.1) is 10.1 Å². The molecule has 1 aromatic heterocycles. The van der Waals surface area contributed by atoms with Gasteiger partial charge < -0.3 is 14.9 Å². The van der Waals surface area contributed by atoms with E-state index < -0.39 is 4.92 Å². The molecule has 0 N–H and O–H groups in total. The van der Waals surface area contributed by atoms with Crippen LogP contribution in [0.1, 0.15) is 0 Å². The van der Waals surface area contributed by atoms with E-state index in [2.05, 4.69) is 20.9 Å². The Kier molecular flexibility index (Phi) is 3.34. The second kappa shape index (κ2) is 5.17. The molecule has 3 aromatic rings. The number of aromatic nitrogens is 2. The van der Waals surface area contributed by atoms with E-state index in [0.717, 1.165) is 15.2 Å². The highest BCUT2D eigenvalue weighted by Gasteiger charge is 2.22. The number of aryl methyl sites for hydroxylation is 1. The van der Waals surface area contributed by atoms with Gasteiger partial charge >= 0.3 is 11.7 Å². The van der Waals surface area contributed by atoms with Crippen LogP contribution in [-0.4, -0.2) is 14.5 Å². The molecule has 0 fully saturated rings. The molecule has 0 spiro atoms. The first-order chi connectivity index (χ1) is 10.0. The monoisotopic (exact) mass is 347 g/mol. The summed E-state index contributed by atoms with van der Waals surface area (Å²) < 4.78 is 8.09. The van der Waals surface area contributed by atoms with Crippen molar-refractivity contribution in [3.63, 3.8) is 0 Å². The molecule has 0 amide bonds. The molecule has 2 aromatic carbocycles. The second-order valence-corrected chi connectivity index (χ2v) is 5.41. The van der Waals surface area contributed by atoms with Crippen LogP contribution in [0.3, 0.4) is 0 Å². The predicted octanol–water partition coefficient (Wildman–Crippen LogP) is 4.04. The number of ether oxygens (including phenoxy) is 1. The minimum atomic E-state index is -0.562. The van der Waals surface area contributed by atoms with Gasteiger partial charge in [0.15, 0.2) is 0 Å². The van der Waals surface area contributed by atoms with E-state index in [1.807, 2.05) is 30.3 Å². The third-order valence-corrected chi connectivity index (χ3v) is 3.52. The molecule has 0 atom stereocenters. The first kappa shape index (κ1) is 13.6. The average molecular weight is 348 g/mol.